The minimum atomic E-state index is -2.25. The maximum atomic E-state index is 5.73. The third kappa shape index (κ3) is 2.01. The second-order valence-corrected chi connectivity index (χ2v) is 6.84. The Labute approximate surface area is 67.1 Å². The van der Waals surface area contributed by atoms with Crippen LogP contribution in [0, 0.1) is 0 Å². The van der Waals surface area contributed by atoms with E-state index < -0.39 is 11.8 Å². The predicted molar refractivity (Wildman–Crippen MR) is 46.6 cm³/mol. The molecule has 3 nitrogen and oxygen atoms in total. The molecule has 0 spiro atoms. The molecule has 5 heteroatoms. The van der Waals surface area contributed by atoms with Crippen molar-refractivity contribution in [3.05, 3.63) is 0 Å². The first kappa shape index (κ1) is 10.5. The van der Waals surface area contributed by atoms with Crippen molar-refractivity contribution >= 4 is 18.3 Å². The van der Waals surface area contributed by atoms with Gasteiger partial charge >= 0.3 is 0 Å². The summed E-state index contributed by atoms with van der Waals surface area (Å²) in [4.78, 5) is 0. The highest BCUT2D eigenvalue weighted by atomic mass is 32.5. The molecule has 0 aliphatic carbocycles. The van der Waals surface area contributed by atoms with Gasteiger partial charge in [-0.1, -0.05) is 0 Å². The first-order chi connectivity index (χ1) is 4.37. The van der Waals surface area contributed by atoms with E-state index in [2.05, 4.69) is 0 Å². The number of hydrogen-bond acceptors (Lipinski definition) is 4. The fourth-order valence-corrected chi connectivity index (χ4v) is 1.64. The summed E-state index contributed by atoms with van der Waals surface area (Å²) in [6.07, 6.45) is 0. The SMILES string of the molecule is COP(=S)(OC)C(C)(C)N. The van der Waals surface area contributed by atoms with E-state index >= 15 is 0 Å². The molecule has 0 unspecified atom stereocenters. The minimum Gasteiger partial charge on any atom is -0.331 e. The second kappa shape index (κ2) is 3.28. The average molecular weight is 183 g/mol. The van der Waals surface area contributed by atoms with E-state index in [4.69, 9.17) is 26.6 Å². The Kier molecular flexibility index (Phi) is 3.46. The van der Waals surface area contributed by atoms with Gasteiger partial charge in [0.05, 0.1) is 5.28 Å². The van der Waals surface area contributed by atoms with Crippen LogP contribution in [-0.2, 0) is 20.9 Å². The minimum absolute atomic E-state index is 0.564. The first-order valence-electron chi connectivity index (χ1n) is 2.88. The molecule has 2 N–H and O–H groups in total. The van der Waals surface area contributed by atoms with E-state index in [1.54, 1.807) is 13.8 Å². The van der Waals surface area contributed by atoms with Crippen molar-refractivity contribution in [3.8, 4) is 0 Å². The summed E-state index contributed by atoms with van der Waals surface area (Å²) in [5.41, 5.74) is 5.73. The van der Waals surface area contributed by atoms with Crippen molar-refractivity contribution in [2.45, 2.75) is 19.1 Å². The summed E-state index contributed by atoms with van der Waals surface area (Å²) in [6, 6.07) is 0. The Balaban J connectivity index is 4.51. The van der Waals surface area contributed by atoms with Gasteiger partial charge in [0, 0.05) is 14.2 Å². The molecule has 0 aliphatic rings. The van der Waals surface area contributed by atoms with E-state index in [9.17, 15) is 0 Å². The smallest absolute Gasteiger partial charge is 0.207 e. The van der Waals surface area contributed by atoms with Gasteiger partial charge in [0.15, 0.2) is 0 Å². The van der Waals surface area contributed by atoms with Crippen LogP contribution in [0.3, 0.4) is 0 Å². The number of hydrogen-bond donors (Lipinski definition) is 1. The standard InChI is InChI=1S/C5H14NO2PS/c1-5(2,6)9(10,7-3)8-4/h6H2,1-4H3. The van der Waals surface area contributed by atoms with Gasteiger partial charge in [-0.15, -0.1) is 0 Å². The van der Waals surface area contributed by atoms with Crippen molar-refractivity contribution in [2.75, 3.05) is 14.2 Å². The maximum absolute atomic E-state index is 5.73. The molecule has 0 aromatic heterocycles. The van der Waals surface area contributed by atoms with E-state index in [1.807, 2.05) is 0 Å². The monoisotopic (exact) mass is 183 g/mol. The molecule has 0 atom stereocenters. The molecule has 0 aromatic rings. The van der Waals surface area contributed by atoms with Crippen LogP contribution in [-0.4, -0.2) is 19.5 Å². The summed E-state index contributed by atoms with van der Waals surface area (Å²) in [5.74, 6) is 0. The first-order valence-corrected chi connectivity index (χ1v) is 5.51. The quantitative estimate of drug-likeness (QED) is 0.669. The lowest BCUT2D eigenvalue weighted by Gasteiger charge is -2.30. The topological polar surface area (TPSA) is 44.5 Å². The average Bonchev–Trinajstić information content (AvgIpc) is 1.84. The van der Waals surface area contributed by atoms with E-state index in [-0.39, 0.29) is 0 Å². The van der Waals surface area contributed by atoms with Crippen LogP contribution < -0.4 is 5.73 Å². The van der Waals surface area contributed by atoms with Gasteiger partial charge in [-0.05, 0) is 25.7 Å². The van der Waals surface area contributed by atoms with Crippen molar-refractivity contribution in [1.29, 1.82) is 0 Å². The molecule has 0 bridgehead atoms. The third-order valence-electron chi connectivity index (χ3n) is 1.19. The molecule has 0 heterocycles. The fraction of sp³-hybridized carbons (Fsp3) is 1.00. The molecule has 10 heavy (non-hydrogen) atoms. The lowest BCUT2D eigenvalue weighted by Crippen LogP contribution is -2.32. The summed E-state index contributed by atoms with van der Waals surface area (Å²) < 4.78 is 10.1. The van der Waals surface area contributed by atoms with Gasteiger partial charge in [0.1, 0.15) is 0 Å². The van der Waals surface area contributed by atoms with E-state index in [0.717, 1.165) is 0 Å². The van der Waals surface area contributed by atoms with Gasteiger partial charge in [0.2, 0.25) is 6.49 Å². The Bertz CT molecular complexity index is 146. The highest BCUT2D eigenvalue weighted by Gasteiger charge is 2.32. The van der Waals surface area contributed by atoms with Crippen LogP contribution in [0.2, 0.25) is 0 Å². The normalized spacial score (nSPS) is 13.7. The number of nitrogens with two attached hydrogens (primary N) is 1. The highest BCUT2D eigenvalue weighted by Crippen LogP contribution is 2.55. The van der Waals surface area contributed by atoms with Gasteiger partial charge < -0.3 is 14.8 Å². The summed E-state index contributed by atoms with van der Waals surface area (Å²) >= 11 is 5.08. The molecular formula is C5H14NO2PS. The lowest BCUT2D eigenvalue weighted by molar-refractivity contribution is 0.314. The Morgan fingerprint density at radius 2 is 1.60 bits per heavy atom. The molecule has 62 valence electrons. The van der Waals surface area contributed by atoms with Crippen molar-refractivity contribution in [3.63, 3.8) is 0 Å². The zero-order chi connectivity index (χ0) is 8.41. The zero-order valence-corrected chi connectivity index (χ0v) is 8.46. The Morgan fingerprint density at radius 1 is 1.30 bits per heavy atom. The number of rotatable bonds is 3. The molecule has 0 saturated heterocycles. The Morgan fingerprint density at radius 3 is 1.60 bits per heavy atom. The van der Waals surface area contributed by atoms with Crippen molar-refractivity contribution in [2.24, 2.45) is 5.73 Å². The molecule has 0 aliphatic heterocycles. The second-order valence-electron chi connectivity index (χ2n) is 2.52. The molecule has 0 amide bonds. The van der Waals surface area contributed by atoms with Crippen LogP contribution in [0.4, 0.5) is 0 Å². The molecule has 0 aromatic carbocycles. The van der Waals surface area contributed by atoms with Gasteiger partial charge in [-0.2, -0.15) is 0 Å². The van der Waals surface area contributed by atoms with Crippen molar-refractivity contribution < 1.29 is 9.05 Å². The van der Waals surface area contributed by atoms with Crippen LogP contribution in [0.1, 0.15) is 13.8 Å². The summed E-state index contributed by atoms with van der Waals surface area (Å²) in [7, 11) is 3.05. The largest absolute Gasteiger partial charge is 0.331 e. The van der Waals surface area contributed by atoms with Gasteiger partial charge in [-0.25, -0.2) is 0 Å². The molecule has 0 radical (unpaired) electrons. The van der Waals surface area contributed by atoms with Gasteiger partial charge in [-0.3, -0.25) is 0 Å². The van der Waals surface area contributed by atoms with Crippen LogP contribution in [0.15, 0.2) is 0 Å². The van der Waals surface area contributed by atoms with Crippen molar-refractivity contribution in [1.82, 2.24) is 0 Å². The van der Waals surface area contributed by atoms with Gasteiger partial charge in [0.25, 0.3) is 0 Å². The van der Waals surface area contributed by atoms with Crippen LogP contribution in [0.25, 0.3) is 0 Å². The van der Waals surface area contributed by atoms with E-state index in [1.165, 1.54) is 14.2 Å². The predicted octanol–water partition coefficient (Wildman–Crippen LogP) is 1.28. The fourth-order valence-electron chi connectivity index (χ4n) is 0.545. The zero-order valence-electron chi connectivity index (χ0n) is 6.75. The third-order valence-corrected chi connectivity index (χ3v) is 5.87. The van der Waals surface area contributed by atoms with E-state index in [0.29, 0.717) is 0 Å². The molecule has 0 rings (SSSR count). The molecule has 0 saturated carbocycles. The summed E-state index contributed by atoms with van der Waals surface area (Å²) in [5, 5.41) is -0.564. The molecule has 0 fully saturated rings. The highest BCUT2D eigenvalue weighted by molar-refractivity contribution is 8.10. The maximum Gasteiger partial charge on any atom is 0.207 e. The summed E-state index contributed by atoms with van der Waals surface area (Å²) in [6.45, 7) is 1.36. The molecular weight excluding hydrogens is 169 g/mol. The lowest BCUT2D eigenvalue weighted by atomic mass is 10.4. The van der Waals surface area contributed by atoms with Crippen LogP contribution >= 0.6 is 6.49 Å². The Hall–Kier alpha value is 0.530. The van der Waals surface area contributed by atoms with Crippen LogP contribution in [0.5, 0.6) is 0 Å².